The van der Waals surface area contributed by atoms with Crippen molar-refractivity contribution < 1.29 is 28.6 Å². The number of ether oxygens (including phenoxy) is 4. The van der Waals surface area contributed by atoms with Gasteiger partial charge < -0.3 is 18.9 Å². The van der Waals surface area contributed by atoms with Crippen molar-refractivity contribution in [1.82, 2.24) is 0 Å². The summed E-state index contributed by atoms with van der Waals surface area (Å²) in [6.07, 6.45) is 1.76. The highest BCUT2D eigenvalue weighted by atomic mass is 16.6. The SMILES string of the molecule is COc1cc(OCCCCC(=O)OCc2ccc(C)cc2)cc(OC)c1CON. The number of carbonyl (C=O) groups excluding carboxylic acids is 1. The molecule has 2 N–H and O–H groups in total. The Bertz CT molecular complexity index is 750. The minimum absolute atomic E-state index is 0.164. The van der Waals surface area contributed by atoms with E-state index in [4.69, 9.17) is 29.7 Å². The molecule has 0 spiro atoms. The molecule has 0 aromatic heterocycles. The van der Waals surface area contributed by atoms with Crippen LogP contribution < -0.4 is 20.1 Å². The van der Waals surface area contributed by atoms with Crippen LogP contribution in [-0.2, 0) is 27.6 Å². The maximum atomic E-state index is 11.9. The van der Waals surface area contributed by atoms with E-state index < -0.39 is 0 Å². The van der Waals surface area contributed by atoms with Crippen LogP contribution in [0.2, 0.25) is 0 Å². The van der Waals surface area contributed by atoms with E-state index in [2.05, 4.69) is 0 Å². The van der Waals surface area contributed by atoms with E-state index in [0.29, 0.717) is 48.9 Å². The first-order chi connectivity index (χ1) is 14.1. The van der Waals surface area contributed by atoms with Gasteiger partial charge in [-0.1, -0.05) is 29.8 Å². The Morgan fingerprint density at radius 2 is 1.62 bits per heavy atom. The van der Waals surface area contributed by atoms with Gasteiger partial charge in [0.2, 0.25) is 0 Å². The third-order valence-electron chi connectivity index (χ3n) is 4.37. The number of methoxy groups -OCH3 is 2. The van der Waals surface area contributed by atoms with E-state index in [9.17, 15) is 4.79 Å². The Hall–Kier alpha value is -2.77. The summed E-state index contributed by atoms with van der Waals surface area (Å²) in [5.41, 5.74) is 2.87. The van der Waals surface area contributed by atoms with Crippen LogP contribution in [0.3, 0.4) is 0 Å². The minimum Gasteiger partial charge on any atom is -0.496 e. The standard InChI is InChI=1S/C22H29NO6/c1-16-7-9-17(10-8-16)14-28-22(24)6-4-5-11-27-18-12-20(25-2)19(15-29-23)21(13-18)26-3/h7-10,12-13H,4-6,11,14-15,23H2,1-3H3. The molecule has 0 aliphatic carbocycles. The number of hydrogen-bond acceptors (Lipinski definition) is 7. The van der Waals surface area contributed by atoms with Crippen LogP contribution in [0.5, 0.6) is 17.2 Å². The lowest BCUT2D eigenvalue weighted by Crippen LogP contribution is -2.06. The first-order valence-corrected chi connectivity index (χ1v) is 9.48. The first-order valence-electron chi connectivity index (χ1n) is 9.48. The smallest absolute Gasteiger partial charge is 0.306 e. The highest BCUT2D eigenvalue weighted by Gasteiger charge is 2.13. The van der Waals surface area contributed by atoms with Gasteiger partial charge >= 0.3 is 5.97 Å². The van der Waals surface area contributed by atoms with Gasteiger partial charge in [-0.15, -0.1) is 0 Å². The Kier molecular flexibility index (Phi) is 9.27. The quantitative estimate of drug-likeness (QED) is 0.328. The average molecular weight is 403 g/mol. The summed E-state index contributed by atoms with van der Waals surface area (Å²) in [7, 11) is 3.11. The summed E-state index contributed by atoms with van der Waals surface area (Å²) in [4.78, 5) is 16.6. The maximum absolute atomic E-state index is 11.9. The highest BCUT2D eigenvalue weighted by Crippen LogP contribution is 2.34. The molecule has 7 heteroatoms. The predicted octanol–water partition coefficient (Wildman–Crippen LogP) is 3.70. The summed E-state index contributed by atoms with van der Waals surface area (Å²) < 4.78 is 21.8. The van der Waals surface area contributed by atoms with Crippen molar-refractivity contribution in [1.29, 1.82) is 0 Å². The summed E-state index contributed by atoms with van der Waals surface area (Å²) >= 11 is 0. The van der Waals surface area contributed by atoms with E-state index in [1.807, 2.05) is 31.2 Å². The van der Waals surface area contributed by atoms with Gasteiger partial charge in [0.15, 0.2) is 0 Å². The molecule has 0 radical (unpaired) electrons. The lowest BCUT2D eigenvalue weighted by Gasteiger charge is -2.15. The average Bonchev–Trinajstić information content (AvgIpc) is 2.73. The molecular formula is C22H29NO6. The van der Waals surface area contributed by atoms with Gasteiger partial charge in [-0.2, -0.15) is 0 Å². The minimum atomic E-state index is -0.208. The molecular weight excluding hydrogens is 374 g/mol. The lowest BCUT2D eigenvalue weighted by molar-refractivity contribution is -0.145. The van der Waals surface area contributed by atoms with Crippen molar-refractivity contribution in [2.24, 2.45) is 5.90 Å². The molecule has 7 nitrogen and oxygen atoms in total. The van der Waals surface area contributed by atoms with Crippen molar-refractivity contribution >= 4 is 5.97 Å². The van der Waals surface area contributed by atoms with Gasteiger partial charge in [-0.05, 0) is 25.3 Å². The van der Waals surface area contributed by atoms with Gasteiger partial charge in [0, 0.05) is 18.6 Å². The van der Waals surface area contributed by atoms with Gasteiger partial charge in [0.05, 0.1) is 26.4 Å². The number of hydrogen-bond donors (Lipinski definition) is 1. The van der Waals surface area contributed by atoms with E-state index in [1.165, 1.54) is 5.56 Å². The molecule has 0 unspecified atom stereocenters. The summed E-state index contributed by atoms with van der Waals surface area (Å²) in [6, 6.07) is 11.4. The van der Waals surface area contributed by atoms with Crippen molar-refractivity contribution in [3.63, 3.8) is 0 Å². The zero-order valence-corrected chi connectivity index (χ0v) is 17.2. The number of rotatable bonds is 12. The van der Waals surface area contributed by atoms with Gasteiger partial charge in [-0.3, -0.25) is 9.63 Å². The second kappa shape index (κ2) is 11.9. The molecule has 0 heterocycles. The number of benzene rings is 2. The van der Waals surface area contributed by atoms with Crippen LogP contribution >= 0.6 is 0 Å². The van der Waals surface area contributed by atoms with E-state index in [0.717, 1.165) is 12.0 Å². The Morgan fingerprint density at radius 1 is 0.966 bits per heavy atom. The molecule has 0 bridgehead atoms. The fraction of sp³-hybridized carbons (Fsp3) is 0.409. The number of unbranched alkanes of at least 4 members (excludes halogenated alkanes) is 1. The molecule has 0 amide bonds. The van der Waals surface area contributed by atoms with Crippen LogP contribution in [0.25, 0.3) is 0 Å². The van der Waals surface area contributed by atoms with Crippen LogP contribution in [0.4, 0.5) is 0 Å². The monoisotopic (exact) mass is 403 g/mol. The van der Waals surface area contributed by atoms with Gasteiger partial charge in [0.1, 0.15) is 30.5 Å². The number of carbonyl (C=O) groups is 1. The largest absolute Gasteiger partial charge is 0.496 e. The highest BCUT2D eigenvalue weighted by molar-refractivity contribution is 5.69. The van der Waals surface area contributed by atoms with E-state index in [1.54, 1.807) is 26.4 Å². The van der Waals surface area contributed by atoms with Gasteiger partial charge in [0.25, 0.3) is 0 Å². The molecule has 0 aliphatic heterocycles. The maximum Gasteiger partial charge on any atom is 0.306 e. The summed E-state index contributed by atoms with van der Waals surface area (Å²) in [6.45, 7) is 2.95. The molecule has 0 aliphatic rings. The Labute approximate surface area is 171 Å². The summed E-state index contributed by atoms with van der Waals surface area (Å²) in [5, 5.41) is 0. The first kappa shape index (κ1) is 22.5. The number of nitrogens with two attached hydrogens (primary N) is 1. The second-order valence-electron chi connectivity index (χ2n) is 6.57. The van der Waals surface area contributed by atoms with Crippen LogP contribution in [0, 0.1) is 6.92 Å². The number of aryl methyl sites for hydroxylation is 1. The second-order valence-corrected chi connectivity index (χ2v) is 6.57. The fourth-order valence-electron chi connectivity index (χ4n) is 2.75. The fourth-order valence-corrected chi connectivity index (χ4v) is 2.75. The lowest BCUT2D eigenvalue weighted by atomic mass is 10.1. The van der Waals surface area contributed by atoms with Crippen molar-refractivity contribution in [2.75, 3.05) is 20.8 Å². The molecule has 2 aromatic rings. The van der Waals surface area contributed by atoms with Crippen molar-refractivity contribution in [3.05, 3.63) is 53.1 Å². The molecule has 0 saturated heterocycles. The van der Waals surface area contributed by atoms with E-state index in [-0.39, 0.29) is 12.6 Å². The zero-order valence-electron chi connectivity index (χ0n) is 17.2. The Morgan fingerprint density at radius 3 is 2.21 bits per heavy atom. The van der Waals surface area contributed by atoms with Crippen LogP contribution in [0.1, 0.15) is 36.0 Å². The zero-order chi connectivity index (χ0) is 21.1. The molecule has 0 saturated carbocycles. The molecule has 0 atom stereocenters. The predicted molar refractivity (Wildman–Crippen MR) is 109 cm³/mol. The third kappa shape index (κ3) is 7.29. The normalized spacial score (nSPS) is 10.5. The molecule has 2 rings (SSSR count). The van der Waals surface area contributed by atoms with Crippen molar-refractivity contribution in [3.8, 4) is 17.2 Å². The molecule has 29 heavy (non-hydrogen) atoms. The molecule has 158 valence electrons. The summed E-state index contributed by atoms with van der Waals surface area (Å²) in [5.74, 6) is 6.72. The van der Waals surface area contributed by atoms with Crippen LogP contribution in [-0.4, -0.2) is 26.8 Å². The Balaban J connectivity index is 1.73. The molecule has 0 fully saturated rings. The van der Waals surface area contributed by atoms with Crippen LogP contribution in [0.15, 0.2) is 36.4 Å². The van der Waals surface area contributed by atoms with Gasteiger partial charge in [-0.25, -0.2) is 5.90 Å². The third-order valence-corrected chi connectivity index (χ3v) is 4.37. The topological polar surface area (TPSA) is 89.2 Å². The van der Waals surface area contributed by atoms with E-state index >= 15 is 0 Å². The number of esters is 1. The van der Waals surface area contributed by atoms with Crippen molar-refractivity contribution in [2.45, 2.75) is 39.4 Å². The molecule has 2 aromatic carbocycles.